The highest BCUT2D eigenvalue weighted by Crippen LogP contribution is 2.19. The molecule has 0 bridgehead atoms. The smallest absolute Gasteiger partial charge is 0.323 e. The van der Waals surface area contributed by atoms with Gasteiger partial charge in [0.1, 0.15) is 0 Å². The van der Waals surface area contributed by atoms with Gasteiger partial charge in [0.05, 0.1) is 6.61 Å². The predicted molar refractivity (Wildman–Crippen MR) is 73.3 cm³/mol. The summed E-state index contributed by atoms with van der Waals surface area (Å²) >= 11 is 0. The lowest BCUT2D eigenvalue weighted by molar-refractivity contribution is 0.229. The molecule has 1 aromatic rings. The van der Waals surface area contributed by atoms with Crippen molar-refractivity contribution in [2.24, 2.45) is 5.41 Å². The lowest BCUT2D eigenvalue weighted by Crippen LogP contribution is -2.17. The van der Waals surface area contributed by atoms with E-state index in [1.54, 1.807) is 7.05 Å². The number of nitrogens with one attached hydrogen (secondary N) is 1. The van der Waals surface area contributed by atoms with E-state index in [-0.39, 0.29) is 5.41 Å². The van der Waals surface area contributed by atoms with Gasteiger partial charge in [-0.25, -0.2) is 0 Å². The van der Waals surface area contributed by atoms with Crippen LogP contribution in [0.2, 0.25) is 0 Å². The third-order valence-corrected chi connectivity index (χ3v) is 2.31. The molecule has 0 radical (unpaired) electrons. The second-order valence-corrected chi connectivity index (χ2v) is 5.55. The van der Waals surface area contributed by atoms with Gasteiger partial charge in [-0.1, -0.05) is 20.8 Å². The highest BCUT2D eigenvalue weighted by Gasteiger charge is 2.12. The molecule has 0 amide bonds. The number of ether oxygens (including phenoxy) is 1. The standard InChI is InChI=1S/C12H23N5O/c1-12(2,3)7-8-18-11-15-9(13-4)14-10(16-11)17(5)6/h7-8H2,1-6H3,(H,13,14,15,16). The largest absolute Gasteiger partial charge is 0.463 e. The molecule has 0 aromatic carbocycles. The Morgan fingerprint density at radius 3 is 2.33 bits per heavy atom. The normalized spacial score (nSPS) is 11.2. The van der Waals surface area contributed by atoms with E-state index in [1.165, 1.54) is 0 Å². The van der Waals surface area contributed by atoms with Gasteiger partial charge in [-0.15, -0.1) is 0 Å². The van der Waals surface area contributed by atoms with Crippen molar-refractivity contribution >= 4 is 11.9 Å². The Labute approximate surface area is 109 Å². The number of nitrogens with zero attached hydrogens (tertiary/aromatic N) is 4. The maximum atomic E-state index is 5.59. The number of anilines is 2. The molecule has 0 aliphatic rings. The van der Waals surface area contributed by atoms with E-state index in [2.05, 4.69) is 41.0 Å². The number of hydrogen-bond acceptors (Lipinski definition) is 6. The van der Waals surface area contributed by atoms with E-state index >= 15 is 0 Å². The molecule has 0 aliphatic carbocycles. The molecule has 1 N–H and O–H groups in total. The summed E-state index contributed by atoms with van der Waals surface area (Å²) in [6, 6.07) is 0.363. The van der Waals surface area contributed by atoms with Gasteiger partial charge < -0.3 is 15.0 Å². The highest BCUT2D eigenvalue weighted by atomic mass is 16.5. The molecule has 0 aliphatic heterocycles. The van der Waals surface area contributed by atoms with E-state index in [1.807, 2.05) is 19.0 Å². The fourth-order valence-corrected chi connectivity index (χ4v) is 1.17. The summed E-state index contributed by atoms with van der Waals surface area (Å²) < 4.78 is 5.59. The number of aromatic nitrogens is 3. The second-order valence-electron chi connectivity index (χ2n) is 5.55. The molecule has 1 aromatic heterocycles. The SMILES string of the molecule is CNc1nc(OCCC(C)(C)C)nc(N(C)C)n1. The fourth-order valence-electron chi connectivity index (χ4n) is 1.17. The van der Waals surface area contributed by atoms with Crippen LogP contribution < -0.4 is 15.0 Å². The van der Waals surface area contributed by atoms with Gasteiger partial charge in [0.15, 0.2) is 0 Å². The molecule has 18 heavy (non-hydrogen) atoms. The van der Waals surface area contributed by atoms with Gasteiger partial charge in [-0.05, 0) is 11.8 Å². The van der Waals surface area contributed by atoms with Crippen molar-refractivity contribution in [1.29, 1.82) is 0 Å². The Hall–Kier alpha value is -1.59. The molecule has 102 valence electrons. The van der Waals surface area contributed by atoms with Crippen LogP contribution in [-0.2, 0) is 0 Å². The van der Waals surface area contributed by atoms with Crippen molar-refractivity contribution in [1.82, 2.24) is 15.0 Å². The molecular weight excluding hydrogens is 230 g/mol. The van der Waals surface area contributed by atoms with E-state index in [0.717, 1.165) is 6.42 Å². The Kier molecular flexibility index (Phi) is 4.69. The zero-order valence-electron chi connectivity index (χ0n) is 12.1. The van der Waals surface area contributed by atoms with Crippen molar-refractivity contribution in [2.75, 3.05) is 38.0 Å². The van der Waals surface area contributed by atoms with Crippen LogP contribution in [0.15, 0.2) is 0 Å². The minimum atomic E-state index is 0.239. The lowest BCUT2D eigenvalue weighted by atomic mass is 9.93. The van der Waals surface area contributed by atoms with Gasteiger partial charge in [0, 0.05) is 21.1 Å². The Morgan fingerprint density at radius 2 is 1.83 bits per heavy atom. The minimum Gasteiger partial charge on any atom is -0.463 e. The van der Waals surface area contributed by atoms with E-state index in [4.69, 9.17) is 4.74 Å². The third-order valence-electron chi connectivity index (χ3n) is 2.31. The zero-order chi connectivity index (χ0) is 13.8. The van der Waals surface area contributed by atoms with Crippen LogP contribution >= 0.6 is 0 Å². The van der Waals surface area contributed by atoms with Crippen LogP contribution in [0.3, 0.4) is 0 Å². The van der Waals surface area contributed by atoms with Crippen LogP contribution in [0.25, 0.3) is 0 Å². The molecule has 0 saturated heterocycles. The molecule has 1 rings (SSSR count). The Morgan fingerprint density at radius 1 is 1.17 bits per heavy atom. The van der Waals surface area contributed by atoms with Crippen LogP contribution in [0.4, 0.5) is 11.9 Å². The fraction of sp³-hybridized carbons (Fsp3) is 0.750. The molecule has 6 nitrogen and oxygen atoms in total. The Balaban J connectivity index is 2.73. The van der Waals surface area contributed by atoms with E-state index < -0.39 is 0 Å². The van der Waals surface area contributed by atoms with Crippen molar-refractivity contribution in [3.05, 3.63) is 0 Å². The average molecular weight is 253 g/mol. The first-order chi connectivity index (χ1) is 8.31. The average Bonchev–Trinajstić information content (AvgIpc) is 2.26. The first-order valence-corrected chi connectivity index (χ1v) is 6.06. The molecule has 0 unspecified atom stereocenters. The molecule has 6 heteroatoms. The summed E-state index contributed by atoms with van der Waals surface area (Å²) in [4.78, 5) is 14.5. The van der Waals surface area contributed by atoms with E-state index in [0.29, 0.717) is 24.5 Å². The molecule has 1 heterocycles. The zero-order valence-corrected chi connectivity index (χ0v) is 12.1. The van der Waals surface area contributed by atoms with Crippen molar-refractivity contribution in [2.45, 2.75) is 27.2 Å². The third kappa shape index (κ3) is 4.73. The van der Waals surface area contributed by atoms with Gasteiger partial charge in [-0.3, -0.25) is 0 Å². The number of hydrogen-bond donors (Lipinski definition) is 1. The molecule has 0 fully saturated rings. The first kappa shape index (κ1) is 14.5. The van der Waals surface area contributed by atoms with Crippen LogP contribution in [0.1, 0.15) is 27.2 Å². The molecular formula is C12H23N5O. The van der Waals surface area contributed by atoms with Crippen molar-refractivity contribution < 1.29 is 4.74 Å². The molecule has 0 saturated carbocycles. The predicted octanol–water partition coefficient (Wildman–Crippen LogP) is 1.79. The van der Waals surface area contributed by atoms with Gasteiger partial charge in [0.25, 0.3) is 0 Å². The van der Waals surface area contributed by atoms with Crippen LogP contribution in [-0.4, -0.2) is 42.7 Å². The second kappa shape index (κ2) is 5.84. The summed E-state index contributed by atoms with van der Waals surface area (Å²) in [6.07, 6.45) is 0.949. The van der Waals surface area contributed by atoms with E-state index in [9.17, 15) is 0 Å². The quantitative estimate of drug-likeness (QED) is 0.863. The maximum Gasteiger partial charge on any atom is 0.323 e. The summed E-state index contributed by atoms with van der Waals surface area (Å²) in [5.74, 6) is 1.10. The lowest BCUT2D eigenvalue weighted by Gasteiger charge is -2.18. The van der Waals surface area contributed by atoms with Crippen molar-refractivity contribution in [3.63, 3.8) is 0 Å². The first-order valence-electron chi connectivity index (χ1n) is 6.06. The highest BCUT2D eigenvalue weighted by molar-refractivity contribution is 5.36. The summed E-state index contributed by atoms with van der Waals surface area (Å²) in [5.41, 5.74) is 0.239. The summed E-state index contributed by atoms with van der Waals surface area (Å²) in [6.45, 7) is 7.12. The topological polar surface area (TPSA) is 63.2 Å². The summed E-state index contributed by atoms with van der Waals surface area (Å²) in [5, 5.41) is 2.90. The Bertz CT molecular complexity index is 387. The maximum absolute atomic E-state index is 5.59. The number of rotatable bonds is 5. The molecule has 0 spiro atoms. The van der Waals surface area contributed by atoms with Crippen LogP contribution in [0.5, 0.6) is 6.01 Å². The van der Waals surface area contributed by atoms with Gasteiger partial charge in [0.2, 0.25) is 11.9 Å². The van der Waals surface area contributed by atoms with Crippen molar-refractivity contribution in [3.8, 4) is 6.01 Å². The monoisotopic (exact) mass is 253 g/mol. The van der Waals surface area contributed by atoms with Gasteiger partial charge in [-0.2, -0.15) is 15.0 Å². The minimum absolute atomic E-state index is 0.239. The van der Waals surface area contributed by atoms with Gasteiger partial charge >= 0.3 is 6.01 Å². The van der Waals surface area contributed by atoms with Crippen LogP contribution in [0, 0.1) is 5.41 Å². The molecule has 0 atom stereocenters. The summed E-state index contributed by atoms with van der Waals surface area (Å²) in [7, 11) is 5.54.